The van der Waals surface area contributed by atoms with Crippen LogP contribution in [0.25, 0.3) is 77.7 Å². The maximum atomic E-state index is 5.35. The Hall–Kier alpha value is -7.42. The monoisotopic (exact) mass is 724 g/mol. The maximum Gasteiger partial charge on any atom is 0.161 e. The number of aromatic nitrogens is 2. The van der Waals surface area contributed by atoms with Crippen LogP contribution in [0.15, 0.2) is 218 Å². The molecule has 0 amide bonds. The molecule has 0 aliphatic heterocycles. The van der Waals surface area contributed by atoms with Crippen LogP contribution in [0.2, 0.25) is 0 Å². The van der Waals surface area contributed by atoms with Crippen molar-refractivity contribution >= 4 is 21.5 Å². The normalized spacial score (nSPS) is 12.7. The van der Waals surface area contributed by atoms with Crippen LogP contribution in [0.4, 0.5) is 0 Å². The van der Waals surface area contributed by atoms with Crippen molar-refractivity contribution < 1.29 is 0 Å². The lowest BCUT2D eigenvalue weighted by molar-refractivity contribution is 0.769. The molecule has 0 radical (unpaired) electrons. The second kappa shape index (κ2) is 13.4. The maximum absolute atomic E-state index is 5.35. The van der Waals surface area contributed by atoms with Gasteiger partial charge in [-0.1, -0.05) is 206 Å². The Bertz CT molecular complexity index is 3070. The zero-order valence-corrected chi connectivity index (χ0v) is 31.2. The van der Waals surface area contributed by atoms with Gasteiger partial charge in [0.15, 0.2) is 5.82 Å². The summed E-state index contributed by atoms with van der Waals surface area (Å²) in [5.41, 5.74) is 14.6. The third-order valence-electron chi connectivity index (χ3n) is 11.8. The van der Waals surface area contributed by atoms with E-state index in [1.165, 1.54) is 55.3 Å². The average Bonchev–Trinajstić information content (AvgIpc) is 3.59. The van der Waals surface area contributed by atoms with Crippen LogP contribution >= 0.6 is 0 Å². The van der Waals surface area contributed by atoms with Gasteiger partial charge in [-0.15, -0.1) is 0 Å². The van der Waals surface area contributed by atoms with Gasteiger partial charge in [-0.05, 0) is 78.2 Å². The molecule has 0 unspecified atom stereocenters. The topological polar surface area (TPSA) is 25.8 Å². The van der Waals surface area contributed by atoms with Crippen LogP contribution in [-0.4, -0.2) is 9.97 Å². The molecule has 2 heteroatoms. The molecule has 0 saturated carbocycles. The van der Waals surface area contributed by atoms with Crippen LogP contribution in [0.3, 0.4) is 0 Å². The molecule has 11 rings (SSSR count). The lowest BCUT2D eigenvalue weighted by Gasteiger charge is -2.34. The smallest absolute Gasteiger partial charge is 0.161 e. The highest BCUT2D eigenvalue weighted by atomic mass is 14.9. The van der Waals surface area contributed by atoms with E-state index in [0.29, 0.717) is 5.82 Å². The van der Waals surface area contributed by atoms with Crippen molar-refractivity contribution in [3.05, 3.63) is 241 Å². The molecule has 1 aliphatic rings. The van der Waals surface area contributed by atoms with Crippen molar-refractivity contribution in [2.45, 2.75) is 5.41 Å². The summed E-state index contributed by atoms with van der Waals surface area (Å²) in [5.74, 6) is 0.715. The number of nitrogens with zero attached hydrogens (tertiary/aromatic N) is 2. The van der Waals surface area contributed by atoms with E-state index < -0.39 is 5.41 Å². The summed E-state index contributed by atoms with van der Waals surface area (Å²) in [5, 5.41) is 4.64. The predicted octanol–water partition coefficient (Wildman–Crippen LogP) is 13.8. The van der Waals surface area contributed by atoms with Crippen LogP contribution in [0.5, 0.6) is 0 Å². The number of rotatable bonds is 6. The third-order valence-corrected chi connectivity index (χ3v) is 11.8. The van der Waals surface area contributed by atoms with E-state index >= 15 is 0 Å². The molecule has 10 aromatic rings. The summed E-state index contributed by atoms with van der Waals surface area (Å²) in [7, 11) is 0. The molecule has 2 nitrogen and oxygen atoms in total. The predicted molar refractivity (Wildman–Crippen MR) is 236 cm³/mol. The molecule has 266 valence electrons. The molecule has 57 heavy (non-hydrogen) atoms. The van der Waals surface area contributed by atoms with E-state index in [1.54, 1.807) is 0 Å². The zero-order valence-electron chi connectivity index (χ0n) is 31.2. The lowest BCUT2D eigenvalue weighted by Crippen LogP contribution is -2.28. The molecule has 0 bridgehead atoms. The van der Waals surface area contributed by atoms with E-state index in [-0.39, 0.29) is 0 Å². The molecule has 1 aromatic heterocycles. The number of hydrogen-bond donors (Lipinski definition) is 0. The van der Waals surface area contributed by atoms with Crippen LogP contribution < -0.4 is 0 Å². The first kappa shape index (κ1) is 33.0. The van der Waals surface area contributed by atoms with E-state index in [2.05, 4.69) is 212 Å². The Kier molecular flexibility index (Phi) is 7.75. The number of fused-ring (bicyclic) bond motifs is 5. The number of hydrogen-bond acceptors (Lipinski definition) is 2. The van der Waals surface area contributed by atoms with Crippen molar-refractivity contribution in [2.75, 3.05) is 0 Å². The van der Waals surface area contributed by atoms with Gasteiger partial charge in [0.05, 0.1) is 16.8 Å². The zero-order chi connectivity index (χ0) is 37.8. The largest absolute Gasteiger partial charge is 0.228 e. The standard InChI is InChI=1S/C55H36N2/c1-4-18-38(19-5-1)52-36-53(57-54(56-52)49-29-16-20-37-17-10-11-25-42(37)49)48-34-33-43(44-26-12-13-27-45(44)48)39-31-32-47-46-28-14-15-30-50(46)55(51(47)35-39,40-21-6-2-7-22-40)41-23-8-3-9-24-41/h1-36H. The number of benzene rings is 9. The molecule has 1 heterocycles. The Morgan fingerprint density at radius 2 is 0.825 bits per heavy atom. The minimum absolute atomic E-state index is 0.465. The van der Waals surface area contributed by atoms with Gasteiger partial charge >= 0.3 is 0 Å². The van der Waals surface area contributed by atoms with Gasteiger partial charge in [-0.25, -0.2) is 9.97 Å². The fourth-order valence-electron chi connectivity index (χ4n) is 9.27. The summed E-state index contributed by atoms with van der Waals surface area (Å²) in [6.45, 7) is 0. The summed E-state index contributed by atoms with van der Waals surface area (Å²) >= 11 is 0. The van der Waals surface area contributed by atoms with E-state index in [1.807, 2.05) is 6.07 Å². The van der Waals surface area contributed by atoms with Gasteiger partial charge in [0.1, 0.15) is 0 Å². The van der Waals surface area contributed by atoms with E-state index in [4.69, 9.17) is 9.97 Å². The quantitative estimate of drug-likeness (QED) is 0.171. The fraction of sp³-hybridized carbons (Fsp3) is 0.0182. The van der Waals surface area contributed by atoms with E-state index in [9.17, 15) is 0 Å². The van der Waals surface area contributed by atoms with Crippen molar-refractivity contribution in [3.8, 4) is 56.2 Å². The fourth-order valence-corrected chi connectivity index (χ4v) is 9.27. The molecule has 9 aromatic carbocycles. The van der Waals surface area contributed by atoms with Crippen molar-refractivity contribution in [1.29, 1.82) is 0 Å². The molecule has 0 atom stereocenters. The summed E-state index contributed by atoms with van der Waals surface area (Å²) < 4.78 is 0. The minimum Gasteiger partial charge on any atom is -0.228 e. The Morgan fingerprint density at radius 3 is 1.58 bits per heavy atom. The molecule has 1 aliphatic carbocycles. The summed E-state index contributed by atoms with van der Waals surface area (Å²) in [6, 6.07) is 78.8. The second-order valence-corrected chi connectivity index (χ2v) is 14.8. The Morgan fingerprint density at radius 1 is 0.298 bits per heavy atom. The van der Waals surface area contributed by atoms with Crippen molar-refractivity contribution in [1.82, 2.24) is 9.97 Å². The van der Waals surface area contributed by atoms with Crippen molar-refractivity contribution in [3.63, 3.8) is 0 Å². The highest BCUT2D eigenvalue weighted by Crippen LogP contribution is 2.57. The van der Waals surface area contributed by atoms with Crippen LogP contribution in [0.1, 0.15) is 22.3 Å². The SMILES string of the molecule is c1ccc(-c2cc(-c3ccc(-c4ccc5c(c4)C(c4ccccc4)(c4ccccc4)c4ccccc4-5)c4ccccc34)nc(-c3cccc4ccccc34)n2)cc1. The Labute approximate surface area is 332 Å². The first-order valence-corrected chi connectivity index (χ1v) is 19.6. The highest BCUT2D eigenvalue weighted by Gasteiger charge is 2.46. The van der Waals surface area contributed by atoms with Gasteiger partial charge in [0, 0.05) is 16.7 Å². The van der Waals surface area contributed by atoms with E-state index in [0.717, 1.165) is 38.9 Å². The van der Waals surface area contributed by atoms with Gasteiger partial charge in [-0.2, -0.15) is 0 Å². The first-order chi connectivity index (χ1) is 28.3. The minimum atomic E-state index is -0.465. The molecule has 0 saturated heterocycles. The van der Waals surface area contributed by atoms with Gasteiger partial charge < -0.3 is 0 Å². The highest BCUT2D eigenvalue weighted by molar-refractivity contribution is 6.05. The summed E-state index contributed by atoms with van der Waals surface area (Å²) in [4.78, 5) is 10.5. The van der Waals surface area contributed by atoms with Gasteiger partial charge in [-0.3, -0.25) is 0 Å². The molecule has 0 fully saturated rings. The van der Waals surface area contributed by atoms with Gasteiger partial charge in [0.2, 0.25) is 0 Å². The first-order valence-electron chi connectivity index (χ1n) is 19.6. The third kappa shape index (κ3) is 5.26. The average molecular weight is 725 g/mol. The Balaban J connectivity index is 1.12. The van der Waals surface area contributed by atoms with Crippen LogP contribution in [0, 0.1) is 0 Å². The molecular formula is C55H36N2. The van der Waals surface area contributed by atoms with Crippen molar-refractivity contribution in [2.24, 2.45) is 0 Å². The molecule has 0 spiro atoms. The molecular weight excluding hydrogens is 689 g/mol. The molecule has 0 N–H and O–H groups in total. The lowest BCUT2D eigenvalue weighted by atomic mass is 9.67. The van der Waals surface area contributed by atoms with Crippen LogP contribution in [-0.2, 0) is 5.41 Å². The summed E-state index contributed by atoms with van der Waals surface area (Å²) in [6.07, 6.45) is 0. The second-order valence-electron chi connectivity index (χ2n) is 14.8. The van der Waals surface area contributed by atoms with Gasteiger partial charge in [0.25, 0.3) is 0 Å².